The maximum Gasteiger partial charge on any atom is 0.310 e. The SMILES string of the molecule is CCOC(=O)C1CC2C(C)=CC1NC2Cc1ccccc1. The van der Waals surface area contributed by atoms with Crippen LogP contribution in [-0.2, 0) is 16.0 Å². The van der Waals surface area contributed by atoms with Crippen LogP contribution in [0, 0.1) is 11.8 Å². The first-order chi connectivity index (χ1) is 10.2. The van der Waals surface area contributed by atoms with Gasteiger partial charge in [-0.2, -0.15) is 0 Å². The Morgan fingerprint density at radius 1 is 1.33 bits per heavy atom. The van der Waals surface area contributed by atoms with Crippen LogP contribution in [0.5, 0.6) is 0 Å². The average molecular weight is 285 g/mol. The molecule has 1 aliphatic carbocycles. The topological polar surface area (TPSA) is 38.3 Å². The van der Waals surface area contributed by atoms with Crippen LogP contribution in [0.15, 0.2) is 42.0 Å². The maximum atomic E-state index is 12.1. The van der Waals surface area contributed by atoms with E-state index in [2.05, 4.69) is 42.6 Å². The fourth-order valence-corrected chi connectivity index (χ4v) is 3.70. The Morgan fingerprint density at radius 3 is 2.76 bits per heavy atom. The first-order valence-corrected chi connectivity index (χ1v) is 7.84. The van der Waals surface area contributed by atoms with Gasteiger partial charge in [0, 0.05) is 12.1 Å². The van der Waals surface area contributed by atoms with Gasteiger partial charge < -0.3 is 10.1 Å². The summed E-state index contributed by atoms with van der Waals surface area (Å²) in [6.07, 6.45) is 4.15. The molecule has 1 aromatic rings. The largest absolute Gasteiger partial charge is 0.466 e. The number of esters is 1. The number of hydrogen-bond donors (Lipinski definition) is 1. The predicted molar refractivity (Wildman–Crippen MR) is 82.8 cm³/mol. The number of fused-ring (bicyclic) bond motifs is 2. The molecule has 1 fully saturated rings. The fraction of sp³-hybridized carbons (Fsp3) is 0.500. The quantitative estimate of drug-likeness (QED) is 0.683. The Morgan fingerprint density at radius 2 is 2.10 bits per heavy atom. The van der Waals surface area contributed by atoms with Crippen molar-refractivity contribution in [3.8, 4) is 0 Å². The van der Waals surface area contributed by atoms with E-state index in [9.17, 15) is 4.79 Å². The van der Waals surface area contributed by atoms with Gasteiger partial charge in [0.2, 0.25) is 0 Å². The monoisotopic (exact) mass is 285 g/mol. The molecule has 21 heavy (non-hydrogen) atoms. The number of nitrogens with one attached hydrogen (secondary N) is 1. The van der Waals surface area contributed by atoms with Crippen LogP contribution < -0.4 is 5.32 Å². The summed E-state index contributed by atoms with van der Waals surface area (Å²) in [5.41, 5.74) is 2.77. The standard InChI is InChI=1S/C18H23NO2/c1-3-21-18(20)15-11-14-12(2)9-16(15)19-17(14)10-13-7-5-4-6-8-13/h4-9,14-17,19H,3,10-11H2,1-2H3. The molecule has 0 saturated carbocycles. The molecular formula is C18H23NO2. The normalized spacial score (nSPS) is 30.9. The van der Waals surface area contributed by atoms with Crippen LogP contribution in [0.25, 0.3) is 0 Å². The van der Waals surface area contributed by atoms with Gasteiger partial charge in [0.25, 0.3) is 0 Å². The lowest BCUT2D eigenvalue weighted by Crippen LogP contribution is -2.58. The van der Waals surface area contributed by atoms with E-state index in [0.717, 1.165) is 12.8 Å². The third-order valence-corrected chi connectivity index (χ3v) is 4.75. The van der Waals surface area contributed by atoms with Crippen LogP contribution in [-0.4, -0.2) is 24.7 Å². The Bertz CT molecular complexity index is 537. The lowest BCUT2D eigenvalue weighted by atomic mass is 9.69. The molecule has 112 valence electrons. The molecule has 0 aromatic heterocycles. The highest BCUT2D eigenvalue weighted by molar-refractivity contribution is 5.74. The van der Waals surface area contributed by atoms with Gasteiger partial charge in [0.1, 0.15) is 0 Å². The molecule has 4 rings (SSSR count). The molecule has 1 saturated heterocycles. The Labute approximate surface area is 126 Å². The highest BCUT2D eigenvalue weighted by Gasteiger charge is 2.44. The first kappa shape index (κ1) is 14.3. The first-order valence-electron chi connectivity index (χ1n) is 7.84. The number of rotatable bonds is 4. The molecule has 2 aliphatic heterocycles. The van der Waals surface area contributed by atoms with E-state index in [0.29, 0.717) is 18.6 Å². The zero-order valence-electron chi connectivity index (χ0n) is 12.7. The van der Waals surface area contributed by atoms with Crippen LogP contribution in [0.1, 0.15) is 25.8 Å². The molecule has 1 aromatic carbocycles. The van der Waals surface area contributed by atoms with Crippen LogP contribution >= 0.6 is 0 Å². The van der Waals surface area contributed by atoms with Crippen molar-refractivity contribution < 1.29 is 9.53 Å². The van der Waals surface area contributed by atoms with Gasteiger partial charge in [-0.05, 0) is 38.2 Å². The third kappa shape index (κ3) is 2.88. The van der Waals surface area contributed by atoms with Crippen molar-refractivity contribution in [2.75, 3.05) is 6.61 Å². The zero-order valence-corrected chi connectivity index (χ0v) is 12.7. The third-order valence-electron chi connectivity index (χ3n) is 4.75. The minimum Gasteiger partial charge on any atom is -0.466 e. The summed E-state index contributed by atoms with van der Waals surface area (Å²) >= 11 is 0. The summed E-state index contributed by atoms with van der Waals surface area (Å²) in [6.45, 7) is 4.52. The number of piperidine rings is 1. The van der Waals surface area contributed by atoms with Crippen LogP contribution in [0.2, 0.25) is 0 Å². The van der Waals surface area contributed by atoms with Gasteiger partial charge >= 0.3 is 5.97 Å². The number of carbonyl (C=O) groups is 1. The molecule has 0 amide bonds. The number of ether oxygens (including phenoxy) is 1. The second-order valence-electron chi connectivity index (χ2n) is 6.10. The molecule has 1 N–H and O–H groups in total. The number of hydrogen-bond acceptors (Lipinski definition) is 3. The molecule has 3 heteroatoms. The van der Waals surface area contributed by atoms with E-state index in [1.807, 2.05) is 13.0 Å². The summed E-state index contributed by atoms with van der Waals surface area (Å²) in [4.78, 5) is 12.1. The van der Waals surface area contributed by atoms with Crippen molar-refractivity contribution in [1.29, 1.82) is 0 Å². The zero-order chi connectivity index (χ0) is 14.8. The molecule has 4 unspecified atom stereocenters. The molecule has 2 heterocycles. The Kier molecular flexibility index (Phi) is 4.11. The van der Waals surface area contributed by atoms with E-state index in [1.165, 1.54) is 11.1 Å². The van der Waals surface area contributed by atoms with Crippen molar-refractivity contribution in [2.24, 2.45) is 11.8 Å². The van der Waals surface area contributed by atoms with Gasteiger partial charge in [-0.15, -0.1) is 0 Å². The summed E-state index contributed by atoms with van der Waals surface area (Å²) in [5, 5.41) is 3.64. The lowest BCUT2D eigenvalue weighted by Gasteiger charge is -2.46. The molecular weight excluding hydrogens is 262 g/mol. The van der Waals surface area contributed by atoms with E-state index >= 15 is 0 Å². The summed E-state index contributed by atoms with van der Waals surface area (Å²) < 4.78 is 5.21. The fourth-order valence-electron chi connectivity index (χ4n) is 3.70. The van der Waals surface area contributed by atoms with E-state index in [-0.39, 0.29) is 17.9 Å². The smallest absolute Gasteiger partial charge is 0.310 e. The van der Waals surface area contributed by atoms with Crippen molar-refractivity contribution in [3.63, 3.8) is 0 Å². The Hall–Kier alpha value is -1.61. The highest BCUT2D eigenvalue weighted by Crippen LogP contribution is 2.38. The second kappa shape index (κ2) is 6.02. The number of carbonyl (C=O) groups excluding carboxylic acids is 1. The van der Waals surface area contributed by atoms with Gasteiger partial charge in [-0.3, -0.25) is 4.79 Å². The summed E-state index contributed by atoms with van der Waals surface area (Å²) in [5.74, 6) is 0.359. The van der Waals surface area contributed by atoms with E-state index in [4.69, 9.17) is 4.74 Å². The van der Waals surface area contributed by atoms with Gasteiger partial charge in [0.15, 0.2) is 0 Å². The second-order valence-corrected chi connectivity index (χ2v) is 6.10. The van der Waals surface area contributed by atoms with Gasteiger partial charge in [0.05, 0.1) is 12.5 Å². The van der Waals surface area contributed by atoms with Crippen LogP contribution in [0.4, 0.5) is 0 Å². The minimum absolute atomic E-state index is 0.0225. The van der Waals surface area contributed by atoms with Crippen molar-refractivity contribution in [3.05, 3.63) is 47.5 Å². The van der Waals surface area contributed by atoms with Gasteiger partial charge in [-0.1, -0.05) is 42.0 Å². The summed E-state index contributed by atoms with van der Waals surface area (Å²) in [7, 11) is 0. The number of benzene rings is 1. The minimum atomic E-state index is -0.0538. The molecule has 4 atom stereocenters. The average Bonchev–Trinajstić information content (AvgIpc) is 2.48. The van der Waals surface area contributed by atoms with Crippen LogP contribution in [0.3, 0.4) is 0 Å². The lowest BCUT2D eigenvalue weighted by molar-refractivity contribution is -0.150. The van der Waals surface area contributed by atoms with E-state index < -0.39 is 0 Å². The van der Waals surface area contributed by atoms with Crippen molar-refractivity contribution in [2.45, 2.75) is 38.8 Å². The van der Waals surface area contributed by atoms with Crippen molar-refractivity contribution in [1.82, 2.24) is 5.32 Å². The van der Waals surface area contributed by atoms with E-state index in [1.54, 1.807) is 0 Å². The molecule has 2 bridgehead atoms. The summed E-state index contributed by atoms with van der Waals surface area (Å²) in [6, 6.07) is 11.1. The van der Waals surface area contributed by atoms with Gasteiger partial charge in [-0.25, -0.2) is 0 Å². The maximum absolute atomic E-state index is 12.1. The van der Waals surface area contributed by atoms with Crippen molar-refractivity contribution >= 4 is 5.97 Å². The molecule has 3 nitrogen and oxygen atoms in total. The molecule has 0 radical (unpaired) electrons. The Balaban J connectivity index is 1.72. The molecule has 3 aliphatic rings. The highest BCUT2D eigenvalue weighted by atomic mass is 16.5. The predicted octanol–water partition coefficient (Wildman–Crippen LogP) is 2.72. The molecule has 0 spiro atoms.